The Bertz CT molecular complexity index is 2920. The van der Waals surface area contributed by atoms with Gasteiger partial charge in [0.25, 0.3) is 0 Å². The maximum atomic E-state index is 6.78. The minimum atomic E-state index is -0.145. The molecule has 0 fully saturated rings. The van der Waals surface area contributed by atoms with Crippen molar-refractivity contribution in [1.29, 1.82) is 0 Å². The molecule has 9 aromatic rings. The van der Waals surface area contributed by atoms with Crippen LogP contribution in [0.15, 0.2) is 188 Å². The molecule has 55 heavy (non-hydrogen) atoms. The van der Waals surface area contributed by atoms with Crippen LogP contribution in [-0.4, -0.2) is 20.6 Å². The fraction of sp³-hybridized carbons (Fsp3) is 0.0400. The molecule has 7 aromatic carbocycles. The van der Waals surface area contributed by atoms with Crippen molar-refractivity contribution in [3.05, 3.63) is 188 Å². The normalized spacial score (nSPS) is 14.6. The lowest BCUT2D eigenvalue weighted by molar-refractivity contribution is 0.149. The summed E-state index contributed by atoms with van der Waals surface area (Å²) in [5, 5.41) is 4.70. The summed E-state index contributed by atoms with van der Waals surface area (Å²) in [6.07, 6.45) is 6.81. The Morgan fingerprint density at radius 3 is 1.91 bits per heavy atom. The molecule has 0 bridgehead atoms. The van der Waals surface area contributed by atoms with Crippen LogP contribution in [0.25, 0.3) is 83.3 Å². The second-order valence-electron chi connectivity index (χ2n) is 14.1. The lowest BCUT2D eigenvalue weighted by Gasteiger charge is -2.30. The Hall–Kier alpha value is -7.24. The van der Waals surface area contributed by atoms with Crippen molar-refractivity contribution in [1.82, 2.24) is 14.5 Å². The van der Waals surface area contributed by atoms with Crippen LogP contribution in [0.5, 0.6) is 11.5 Å². The van der Waals surface area contributed by atoms with Crippen molar-refractivity contribution in [3.8, 4) is 62.2 Å². The maximum absolute atomic E-state index is 6.78. The van der Waals surface area contributed by atoms with Crippen LogP contribution in [0, 0.1) is 0 Å². The van der Waals surface area contributed by atoms with Crippen LogP contribution in [0.4, 0.5) is 0 Å². The van der Waals surface area contributed by atoms with Crippen molar-refractivity contribution >= 4 is 32.6 Å². The molecule has 3 heterocycles. The molecule has 260 valence electrons. The third-order valence-electron chi connectivity index (χ3n) is 10.8. The molecule has 2 aromatic heterocycles. The minimum Gasteiger partial charge on any atom is -0.476 e. The van der Waals surface area contributed by atoms with E-state index < -0.39 is 0 Å². The van der Waals surface area contributed by atoms with Gasteiger partial charge < -0.3 is 14.0 Å². The number of rotatable bonds is 5. The predicted octanol–water partition coefficient (Wildman–Crippen LogP) is 12.4. The van der Waals surface area contributed by atoms with E-state index in [-0.39, 0.29) is 6.10 Å². The quantitative estimate of drug-likeness (QED) is 0.179. The molecular weight excluding hydrogens is 675 g/mol. The Kier molecular flexibility index (Phi) is 7.24. The van der Waals surface area contributed by atoms with Gasteiger partial charge in [-0.05, 0) is 52.9 Å². The highest BCUT2D eigenvalue weighted by Gasteiger charge is 2.31. The summed E-state index contributed by atoms with van der Waals surface area (Å²) >= 11 is 0. The molecule has 0 saturated carbocycles. The van der Waals surface area contributed by atoms with Crippen LogP contribution < -0.4 is 9.47 Å². The molecule has 1 atom stereocenters. The number of fused-ring (bicyclic) bond motifs is 8. The minimum absolute atomic E-state index is 0.145. The lowest BCUT2D eigenvalue weighted by atomic mass is 10.0. The zero-order valence-corrected chi connectivity index (χ0v) is 29.8. The Labute approximate surface area is 318 Å². The van der Waals surface area contributed by atoms with Crippen LogP contribution in [0.3, 0.4) is 0 Å². The molecule has 11 rings (SSSR count). The van der Waals surface area contributed by atoms with Crippen molar-refractivity contribution in [2.75, 3.05) is 0 Å². The molecule has 0 radical (unpaired) electrons. The SMILES string of the molecule is C1=CCC2Oc3c(ccc4c5ccc6ccccc6c5n(-c5ccc(-c6ccc(-c7cc(-c8ccccc8)nc(-c8ccccc8)n7)cc6)cc5)c34)OC2=C1. The van der Waals surface area contributed by atoms with Crippen LogP contribution in [-0.2, 0) is 0 Å². The first-order valence-electron chi connectivity index (χ1n) is 18.7. The first-order chi connectivity index (χ1) is 27.2. The smallest absolute Gasteiger partial charge is 0.187 e. The maximum Gasteiger partial charge on any atom is 0.187 e. The van der Waals surface area contributed by atoms with Crippen molar-refractivity contribution in [2.45, 2.75) is 12.5 Å². The molecule has 2 aliphatic rings. The number of benzene rings is 7. The number of ether oxygens (including phenoxy) is 2. The Morgan fingerprint density at radius 1 is 0.527 bits per heavy atom. The fourth-order valence-electron chi connectivity index (χ4n) is 8.04. The third-order valence-corrected chi connectivity index (χ3v) is 10.8. The monoisotopic (exact) mass is 707 g/mol. The summed E-state index contributed by atoms with van der Waals surface area (Å²) in [5.74, 6) is 3.09. The van der Waals surface area contributed by atoms with E-state index in [1.165, 1.54) is 16.2 Å². The molecule has 1 aliphatic carbocycles. The van der Waals surface area contributed by atoms with Crippen LogP contribution >= 0.6 is 0 Å². The first kappa shape index (κ1) is 31.3. The number of aromatic nitrogens is 3. The molecule has 0 saturated heterocycles. The Balaban J connectivity index is 1.00. The highest BCUT2D eigenvalue weighted by Crippen LogP contribution is 2.48. The van der Waals surface area contributed by atoms with Gasteiger partial charge in [-0.1, -0.05) is 146 Å². The number of nitrogens with zero attached hydrogens (tertiary/aromatic N) is 3. The van der Waals surface area contributed by atoms with Gasteiger partial charge in [0.15, 0.2) is 23.4 Å². The van der Waals surface area contributed by atoms with E-state index in [4.69, 9.17) is 19.4 Å². The summed E-state index contributed by atoms with van der Waals surface area (Å²) in [5.41, 5.74) is 10.3. The molecule has 1 unspecified atom stereocenters. The highest BCUT2D eigenvalue weighted by atomic mass is 16.6. The van der Waals surface area contributed by atoms with E-state index in [0.717, 1.165) is 85.0 Å². The predicted molar refractivity (Wildman–Crippen MR) is 223 cm³/mol. The molecule has 0 spiro atoms. The fourth-order valence-corrected chi connectivity index (χ4v) is 8.04. The summed E-state index contributed by atoms with van der Waals surface area (Å²) < 4.78 is 15.6. The summed E-state index contributed by atoms with van der Waals surface area (Å²) in [6.45, 7) is 0. The summed E-state index contributed by atoms with van der Waals surface area (Å²) in [4.78, 5) is 9.98. The molecule has 0 N–H and O–H groups in total. The van der Waals surface area contributed by atoms with Gasteiger partial charge in [0.05, 0.1) is 16.9 Å². The zero-order valence-electron chi connectivity index (χ0n) is 29.8. The topological polar surface area (TPSA) is 49.2 Å². The number of allylic oxidation sites excluding steroid dienone is 2. The van der Waals surface area contributed by atoms with E-state index in [0.29, 0.717) is 5.82 Å². The second-order valence-corrected chi connectivity index (χ2v) is 14.1. The van der Waals surface area contributed by atoms with Crippen LogP contribution in [0.2, 0.25) is 0 Å². The van der Waals surface area contributed by atoms with Gasteiger partial charge in [-0.3, -0.25) is 0 Å². The van der Waals surface area contributed by atoms with Crippen LogP contribution in [0.1, 0.15) is 6.42 Å². The van der Waals surface area contributed by atoms with Gasteiger partial charge in [-0.15, -0.1) is 0 Å². The van der Waals surface area contributed by atoms with Gasteiger partial charge in [-0.25, -0.2) is 9.97 Å². The van der Waals surface area contributed by atoms with Gasteiger partial charge in [0, 0.05) is 45.0 Å². The molecule has 5 heteroatoms. The average molecular weight is 708 g/mol. The van der Waals surface area contributed by atoms with Crippen molar-refractivity contribution < 1.29 is 9.47 Å². The number of hydrogen-bond donors (Lipinski definition) is 0. The Morgan fingerprint density at radius 2 is 1.15 bits per heavy atom. The van der Waals surface area contributed by atoms with E-state index in [9.17, 15) is 0 Å². The van der Waals surface area contributed by atoms with Crippen molar-refractivity contribution in [2.24, 2.45) is 0 Å². The zero-order chi connectivity index (χ0) is 36.3. The second kappa shape index (κ2) is 12.7. The van der Waals surface area contributed by atoms with E-state index in [2.05, 4.69) is 132 Å². The standard InChI is InChI=1S/C50H33N3O2/c1-3-12-35(13-4-1)42-31-43(52-50(51-42)37-14-5-2-6-15-37)36-21-19-32(20-22-36)33-23-26-38(27-24-33)53-47-39-16-8-7-11-34(39)25-28-40(47)41-29-30-46-49(48(41)53)55-45-18-10-9-17-44(45)54-46/h1-17,19-31,45H,18H2. The van der Waals surface area contributed by atoms with E-state index in [1.807, 2.05) is 54.6 Å². The molecule has 5 nitrogen and oxygen atoms in total. The third kappa shape index (κ3) is 5.32. The average Bonchev–Trinajstić information content (AvgIpc) is 3.62. The van der Waals surface area contributed by atoms with Crippen molar-refractivity contribution in [3.63, 3.8) is 0 Å². The van der Waals surface area contributed by atoms with Gasteiger partial charge >= 0.3 is 0 Å². The molecular formula is C50H33N3O2. The van der Waals surface area contributed by atoms with Gasteiger partial charge in [0.2, 0.25) is 0 Å². The van der Waals surface area contributed by atoms with Gasteiger partial charge in [-0.2, -0.15) is 0 Å². The summed E-state index contributed by atoms with van der Waals surface area (Å²) in [7, 11) is 0. The van der Waals surface area contributed by atoms with E-state index >= 15 is 0 Å². The van der Waals surface area contributed by atoms with Gasteiger partial charge in [0.1, 0.15) is 11.3 Å². The van der Waals surface area contributed by atoms with E-state index in [1.54, 1.807) is 0 Å². The first-order valence-corrected chi connectivity index (χ1v) is 18.7. The number of hydrogen-bond acceptors (Lipinski definition) is 4. The largest absolute Gasteiger partial charge is 0.476 e. The highest BCUT2D eigenvalue weighted by molar-refractivity contribution is 6.20. The summed E-state index contributed by atoms with van der Waals surface area (Å²) in [6, 6.07) is 57.3. The molecule has 1 aliphatic heterocycles. The lowest BCUT2D eigenvalue weighted by Crippen LogP contribution is -2.28. The molecule has 0 amide bonds.